The van der Waals surface area contributed by atoms with Crippen LogP contribution < -0.4 is 10.6 Å². The highest BCUT2D eigenvalue weighted by Crippen LogP contribution is 2.27. The lowest BCUT2D eigenvalue weighted by Crippen LogP contribution is -2.18. The fourth-order valence-electron chi connectivity index (χ4n) is 3.23. The van der Waals surface area contributed by atoms with Crippen LogP contribution in [-0.2, 0) is 4.79 Å². The molecule has 160 valence electrons. The molecular formula is C24H24ClN3O2S. The van der Waals surface area contributed by atoms with Gasteiger partial charge in [-0.15, -0.1) is 0 Å². The second-order valence-electron chi connectivity index (χ2n) is 7.33. The van der Waals surface area contributed by atoms with Gasteiger partial charge in [-0.25, -0.2) is 4.98 Å². The largest absolute Gasteiger partial charge is 0.325 e. The highest BCUT2D eigenvalue weighted by Gasteiger charge is 2.19. The predicted molar refractivity (Wildman–Crippen MR) is 128 cm³/mol. The Hall–Kier alpha value is -2.83. The van der Waals surface area contributed by atoms with Crippen molar-refractivity contribution in [2.45, 2.75) is 32.7 Å². The molecule has 2 N–H and O–H groups in total. The molecular weight excluding hydrogens is 430 g/mol. The van der Waals surface area contributed by atoms with Gasteiger partial charge in [-0.2, -0.15) is 0 Å². The van der Waals surface area contributed by atoms with Crippen LogP contribution in [0.5, 0.6) is 0 Å². The number of aromatic nitrogens is 1. The van der Waals surface area contributed by atoms with Gasteiger partial charge in [-0.05, 0) is 74.7 Å². The Morgan fingerprint density at radius 2 is 1.58 bits per heavy atom. The molecule has 0 atom stereocenters. The van der Waals surface area contributed by atoms with Crippen LogP contribution in [0.3, 0.4) is 0 Å². The van der Waals surface area contributed by atoms with E-state index in [0.717, 1.165) is 28.1 Å². The lowest BCUT2D eigenvalue weighted by atomic mass is 10.1. The molecule has 2 aromatic carbocycles. The van der Waals surface area contributed by atoms with Crippen LogP contribution in [0.25, 0.3) is 0 Å². The van der Waals surface area contributed by atoms with E-state index >= 15 is 0 Å². The number of carbonyl (C=O) groups excluding carboxylic acids is 2. The Balaban J connectivity index is 1.77. The second-order valence-corrected chi connectivity index (χ2v) is 8.73. The number of anilines is 2. The standard InChI is InChI=1S/C24H24ClN3O2S/c1-14-6-5-7-15(2)22(14)28-20(29)13-31-24-21(16(3)12-17(4)26-24)23(30)27-19-10-8-18(25)9-11-19/h5-12H,13H2,1-4H3,(H,27,30)(H,28,29). The third-order valence-electron chi connectivity index (χ3n) is 4.73. The second kappa shape index (κ2) is 9.98. The summed E-state index contributed by atoms with van der Waals surface area (Å²) in [6, 6.07) is 14.6. The lowest BCUT2D eigenvalue weighted by Gasteiger charge is -2.14. The van der Waals surface area contributed by atoms with Crippen LogP contribution >= 0.6 is 23.4 Å². The van der Waals surface area contributed by atoms with Crippen LogP contribution in [0.4, 0.5) is 11.4 Å². The summed E-state index contributed by atoms with van der Waals surface area (Å²) in [6.07, 6.45) is 0. The third kappa shape index (κ3) is 5.87. The number of aryl methyl sites for hydroxylation is 4. The van der Waals surface area contributed by atoms with Crippen molar-refractivity contribution in [1.29, 1.82) is 0 Å². The van der Waals surface area contributed by atoms with Crippen LogP contribution in [0, 0.1) is 27.7 Å². The van der Waals surface area contributed by atoms with Crippen molar-refractivity contribution in [3.63, 3.8) is 0 Å². The zero-order chi connectivity index (χ0) is 22.5. The summed E-state index contributed by atoms with van der Waals surface area (Å²) in [6.45, 7) is 7.65. The van der Waals surface area contributed by atoms with E-state index in [-0.39, 0.29) is 17.6 Å². The maximum absolute atomic E-state index is 13.0. The van der Waals surface area contributed by atoms with Crippen LogP contribution in [0.1, 0.15) is 32.7 Å². The molecule has 0 aliphatic rings. The van der Waals surface area contributed by atoms with E-state index < -0.39 is 0 Å². The monoisotopic (exact) mass is 453 g/mol. The number of thioether (sulfide) groups is 1. The number of carbonyl (C=O) groups is 2. The fourth-order valence-corrected chi connectivity index (χ4v) is 4.30. The molecule has 31 heavy (non-hydrogen) atoms. The third-order valence-corrected chi connectivity index (χ3v) is 5.95. The van der Waals surface area contributed by atoms with Crippen molar-refractivity contribution in [2.24, 2.45) is 0 Å². The average molecular weight is 454 g/mol. The first-order chi connectivity index (χ1) is 14.7. The molecule has 3 aromatic rings. The minimum Gasteiger partial charge on any atom is -0.325 e. The summed E-state index contributed by atoms with van der Waals surface area (Å²) < 4.78 is 0. The zero-order valence-corrected chi connectivity index (χ0v) is 19.4. The summed E-state index contributed by atoms with van der Waals surface area (Å²) in [5.41, 5.74) is 5.53. The van der Waals surface area contributed by atoms with Crippen LogP contribution in [0.2, 0.25) is 5.02 Å². The Kier molecular flexibility index (Phi) is 7.36. The quantitative estimate of drug-likeness (QED) is 0.452. The Labute approximate surface area is 191 Å². The molecule has 5 nitrogen and oxygen atoms in total. The zero-order valence-electron chi connectivity index (χ0n) is 17.9. The van der Waals surface area contributed by atoms with Crippen molar-refractivity contribution in [3.05, 3.63) is 81.5 Å². The molecule has 7 heteroatoms. The van der Waals surface area contributed by atoms with E-state index in [4.69, 9.17) is 11.6 Å². The molecule has 0 unspecified atom stereocenters. The molecule has 0 spiro atoms. The molecule has 0 aliphatic carbocycles. The van der Waals surface area contributed by atoms with E-state index in [0.29, 0.717) is 21.3 Å². The van der Waals surface area contributed by atoms with Crippen molar-refractivity contribution < 1.29 is 9.59 Å². The van der Waals surface area contributed by atoms with Gasteiger partial charge in [-0.1, -0.05) is 41.6 Å². The number of hydrogen-bond acceptors (Lipinski definition) is 4. The molecule has 3 rings (SSSR count). The molecule has 0 saturated heterocycles. The highest BCUT2D eigenvalue weighted by molar-refractivity contribution is 8.00. The number of halogens is 1. The number of hydrogen-bond donors (Lipinski definition) is 2. The van der Waals surface area contributed by atoms with Crippen LogP contribution in [0.15, 0.2) is 53.6 Å². The lowest BCUT2D eigenvalue weighted by molar-refractivity contribution is -0.113. The van der Waals surface area contributed by atoms with Gasteiger partial charge in [0, 0.05) is 22.1 Å². The molecule has 0 saturated carbocycles. The van der Waals surface area contributed by atoms with Crippen LogP contribution in [-0.4, -0.2) is 22.6 Å². The molecule has 1 heterocycles. The minimum atomic E-state index is -0.273. The highest BCUT2D eigenvalue weighted by atomic mass is 35.5. The van der Waals surface area contributed by atoms with Crippen molar-refractivity contribution in [3.8, 4) is 0 Å². The van der Waals surface area contributed by atoms with E-state index in [2.05, 4.69) is 15.6 Å². The van der Waals surface area contributed by atoms with Gasteiger partial charge >= 0.3 is 0 Å². The number of nitrogens with one attached hydrogen (secondary N) is 2. The summed E-state index contributed by atoms with van der Waals surface area (Å²) in [4.78, 5) is 30.1. The van der Waals surface area contributed by atoms with Crippen molar-refractivity contribution >= 4 is 46.6 Å². The number of para-hydroxylation sites is 1. The topological polar surface area (TPSA) is 71.1 Å². The summed E-state index contributed by atoms with van der Waals surface area (Å²) in [5, 5.41) is 6.97. The van der Waals surface area contributed by atoms with E-state index in [1.54, 1.807) is 24.3 Å². The SMILES string of the molecule is Cc1cc(C)c(C(=O)Nc2ccc(Cl)cc2)c(SCC(=O)Nc2c(C)cccc2C)n1. The maximum Gasteiger partial charge on any atom is 0.258 e. The van der Waals surface area contributed by atoms with Gasteiger partial charge in [0.15, 0.2) is 0 Å². The number of rotatable bonds is 6. The van der Waals surface area contributed by atoms with E-state index in [1.807, 2.05) is 52.0 Å². The van der Waals surface area contributed by atoms with E-state index in [9.17, 15) is 9.59 Å². The smallest absolute Gasteiger partial charge is 0.258 e. The first-order valence-electron chi connectivity index (χ1n) is 9.78. The summed E-state index contributed by atoms with van der Waals surface area (Å²) in [5.74, 6) is -0.275. The maximum atomic E-state index is 13.0. The minimum absolute atomic E-state index is 0.144. The molecule has 1 aromatic heterocycles. The Morgan fingerprint density at radius 1 is 0.935 bits per heavy atom. The van der Waals surface area contributed by atoms with Gasteiger partial charge in [0.1, 0.15) is 5.03 Å². The fraction of sp³-hybridized carbons (Fsp3) is 0.208. The Morgan fingerprint density at radius 3 is 2.23 bits per heavy atom. The average Bonchev–Trinajstić information content (AvgIpc) is 2.70. The molecule has 0 aliphatic heterocycles. The first-order valence-corrected chi connectivity index (χ1v) is 11.1. The molecule has 0 bridgehead atoms. The number of pyridine rings is 1. The molecule has 0 radical (unpaired) electrons. The van der Waals surface area contributed by atoms with Gasteiger partial charge in [0.05, 0.1) is 11.3 Å². The predicted octanol–water partition coefficient (Wildman–Crippen LogP) is 5.95. The normalized spacial score (nSPS) is 10.6. The van der Waals surface area contributed by atoms with Gasteiger partial charge in [-0.3, -0.25) is 9.59 Å². The van der Waals surface area contributed by atoms with Gasteiger partial charge < -0.3 is 10.6 Å². The molecule has 2 amide bonds. The van der Waals surface area contributed by atoms with E-state index in [1.165, 1.54) is 11.8 Å². The summed E-state index contributed by atoms with van der Waals surface area (Å²) >= 11 is 7.17. The van der Waals surface area contributed by atoms with Gasteiger partial charge in [0.25, 0.3) is 5.91 Å². The number of amides is 2. The molecule has 0 fully saturated rings. The first kappa shape index (κ1) is 22.8. The van der Waals surface area contributed by atoms with Gasteiger partial charge in [0.2, 0.25) is 5.91 Å². The summed E-state index contributed by atoms with van der Waals surface area (Å²) in [7, 11) is 0. The number of benzene rings is 2. The number of nitrogens with zero attached hydrogens (tertiary/aromatic N) is 1. The Bertz CT molecular complexity index is 1110. The van der Waals surface area contributed by atoms with Crippen molar-refractivity contribution in [2.75, 3.05) is 16.4 Å². The van der Waals surface area contributed by atoms with Crippen molar-refractivity contribution in [1.82, 2.24) is 4.98 Å².